The van der Waals surface area contributed by atoms with E-state index < -0.39 is 0 Å². The van der Waals surface area contributed by atoms with Crippen LogP contribution in [-0.2, 0) is 4.79 Å². The van der Waals surface area contributed by atoms with E-state index in [9.17, 15) is 4.79 Å². The van der Waals surface area contributed by atoms with Crippen LogP contribution in [0.1, 0.15) is 13.8 Å². The standard InChI is InChI=1S/C13H13NO2/c1-9(2)13(15)16-11-5-6-12-10(8-11)4-3-7-14-12/h3-9H,1-2H3. The topological polar surface area (TPSA) is 39.2 Å². The minimum Gasteiger partial charge on any atom is -0.426 e. The number of fused-ring (bicyclic) bond motifs is 1. The summed E-state index contributed by atoms with van der Waals surface area (Å²) in [7, 11) is 0. The van der Waals surface area contributed by atoms with Crippen LogP contribution in [-0.4, -0.2) is 11.0 Å². The van der Waals surface area contributed by atoms with Crippen LogP contribution >= 0.6 is 0 Å². The Bertz CT molecular complexity index is 520. The summed E-state index contributed by atoms with van der Waals surface area (Å²) in [5.74, 6) is 0.229. The Labute approximate surface area is 94.1 Å². The van der Waals surface area contributed by atoms with Crippen molar-refractivity contribution in [2.75, 3.05) is 0 Å². The molecule has 0 saturated carbocycles. The molecule has 82 valence electrons. The molecule has 0 fully saturated rings. The number of hydrogen-bond acceptors (Lipinski definition) is 3. The van der Waals surface area contributed by atoms with Crippen LogP contribution in [0.2, 0.25) is 0 Å². The highest BCUT2D eigenvalue weighted by Crippen LogP contribution is 2.19. The number of pyridine rings is 1. The van der Waals surface area contributed by atoms with Gasteiger partial charge in [0.05, 0.1) is 11.4 Å². The quantitative estimate of drug-likeness (QED) is 0.571. The van der Waals surface area contributed by atoms with Gasteiger partial charge in [-0.15, -0.1) is 0 Å². The summed E-state index contributed by atoms with van der Waals surface area (Å²) in [5.41, 5.74) is 0.895. The fraction of sp³-hybridized carbons (Fsp3) is 0.231. The van der Waals surface area contributed by atoms with Crippen molar-refractivity contribution < 1.29 is 9.53 Å². The number of ether oxygens (including phenoxy) is 1. The summed E-state index contributed by atoms with van der Waals surface area (Å²) in [6.45, 7) is 3.62. The van der Waals surface area contributed by atoms with E-state index in [1.165, 1.54) is 0 Å². The Morgan fingerprint density at radius 2 is 2.12 bits per heavy atom. The first-order valence-electron chi connectivity index (χ1n) is 5.23. The molecule has 0 aliphatic carbocycles. The molecule has 1 aromatic carbocycles. The van der Waals surface area contributed by atoms with Crippen molar-refractivity contribution >= 4 is 16.9 Å². The SMILES string of the molecule is CC(C)C(=O)Oc1ccc2ncccc2c1. The zero-order valence-corrected chi connectivity index (χ0v) is 9.31. The Balaban J connectivity index is 2.29. The minimum absolute atomic E-state index is 0.121. The van der Waals surface area contributed by atoms with Crippen LogP contribution in [0.15, 0.2) is 36.5 Å². The summed E-state index contributed by atoms with van der Waals surface area (Å²) in [6, 6.07) is 9.22. The molecular weight excluding hydrogens is 202 g/mol. The van der Waals surface area contributed by atoms with Crippen LogP contribution < -0.4 is 4.74 Å². The third-order valence-corrected chi connectivity index (χ3v) is 2.26. The summed E-state index contributed by atoms with van der Waals surface area (Å²) < 4.78 is 5.22. The maximum Gasteiger partial charge on any atom is 0.313 e. The number of carbonyl (C=O) groups excluding carboxylic acids is 1. The largest absolute Gasteiger partial charge is 0.426 e. The molecule has 1 aromatic heterocycles. The zero-order valence-electron chi connectivity index (χ0n) is 9.31. The highest BCUT2D eigenvalue weighted by atomic mass is 16.5. The van der Waals surface area contributed by atoms with Gasteiger partial charge in [0.2, 0.25) is 0 Å². The van der Waals surface area contributed by atoms with Crippen LogP contribution in [0.5, 0.6) is 5.75 Å². The maximum absolute atomic E-state index is 11.4. The normalized spacial score (nSPS) is 10.7. The van der Waals surface area contributed by atoms with Crippen LogP contribution in [0.25, 0.3) is 10.9 Å². The van der Waals surface area contributed by atoms with E-state index in [-0.39, 0.29) is 11.9 Å². The molecule has 0 radical (unpaired) electrons. The molecule has 0 aliphatic heterocycles. The molecule has 0 aliphatic rings. The Morgan fingerprint density at radius 1 is 1.31 bits per heavy atom. The molecule has 0 atom stereocenters. The second kappa shape index (κ2) is 4.31. The number of carbonyl (C=O) groups is 1. The van der Waals surface area contributed by atoms with Crippen molar-refractivity contribution in [1.29, 1.82) is 0 Å². The Kier molecular flexibility index (Phi) is 2.86. The van der Waals surface area contributed by atoms with E-state index in [1.54, 1.807) is 12.3 Å². The molecule has 0 bridgehead atoms. The van der Waals surface area contributed by atoms with Gasteiger partial charge in [-0.3, -0.25) is 9.78 Å². The first-order valence-corrected chi connectivity index (χ1v) is 5.23. The van der Waals surface area contributed by atoms with Gasteiger partial charge in [0.25, 0.3) is 0 Å². The molecular formula is C13H13NO2. The molecule has 0 amide bonds. The van der Waals surface area contributed by atoms with Crippen molar-refractivity contribution in [2.45, 2.75) is 13.8 Å². The number of rotatable bonds is 2. The van der Waals surface area contributed by atoms with Crippen LogP contribution in [0.3, 0.4) is 0 Å². The first kappa shape index (κ1) is 10.6. The lowest BCUT2D eigenvalue weighted by Gasteiger charge is -2.07. The van der Waals surface area contributed by atoms with Gasteiger partial charge < -0.3 is 4.74 Å². The minimum atomic E-state index is -0.219. The molecule has 0 unspecified atom stereocenters. The number of aromatic nitrogens is 1. The summed E-state index contributed by atoms with van der Waals surface area (Å²) in [5, 5.41) is 0.969. The fourth-order valence-electron chi connectivity index (χ4n) is 1.35. The number of esters is 1. The van der Waals surface area contributed by atoms with Gasteiger partial charge in [0.1, 0.15) is 5.75 Å². The predicted octanol–water partition coefficient (Wildman–Crippen LogP) is 2.80. The van der Waals surface area contributed by atoms with Crippen molar-refractivity contribution in [1.82, 2.24) is 4.98 Å². The zero-order chi connectivity index (χ0) is 11.5. The monoisotopic (exact) mass is 215 g/mol. The predicted molar refractivity (Wildman–Crippen MR) is 62.2 cm³/mol. The van der Waals surface area contributed by atoms with Gasteiger partial charge in [-0.1, -0.05) is 19.9 Å². The van der Waals surface area contributed by atoms with E-state index in [0.717, 1.165) is 10.9 Å². The molecule has 1 heterocycles. The highest BCUT2D eigenvalue weighted by Gasteiger charge is 2.09. The Morgan fingerprint density at radius 3 is 2.88 bits per heavy atom. The molecule has 3 heteroatoms. The summed E-state index contributed by atoms with van der Waals surface area (Å²) in [4.78, 5) is 15.6. The smallest absolute Gasteiger partial charge is 0.313 e. The summed E-state index contributed by atoms with van der Waals surface area (Å²) >= 11 is 0. The van der Waals surface area contributed by atoms with Gasteiger partial charge in [0.15, 0.2) is 0 Å². The molecule has 16 heavy (non-hydrogen) atoms. The van der Waals surface area contributed by atoms with Crippen LogP contribution in [0, 0.1) is 5.92 Å². The third-order valence-electron chi connectivity index (χ3n) is 2.26. The second-order valence-corrected chi connectivity index (χ2v) is 3.93. The molecule has 0 saturated heterocycles. The number of nitrogens with zero attached hydrogens (tertiary/aromatic N) is 1. The van der Waals surface area contributed by atoms with E-state index in [4.69, 9.17) is 4.74 Å². The van der Waals surface area contributed by atoms with E-state index >= 15 is 0 Å². The van der Waals surface area contributed by atoms with Crippen molar-refractivity contribution in [3.05, 3.63) is 36.5 Å². The van der Waals surface area contributed by atoms with Gasteiger partial charge in [0, 0.05) is 11.6 Å². The van der Waals surface area contributed by atoms with Gasteiger partial charge in [-0.2, -0.15) is 0 Å². The average molecular weight is 215 g/mol. The average Bonchev–Trinajstić information content (AvgIpc) is 2.28. The molecule has 0 N–H and O–H groups in total. The fourth-order valence-corrected chi connectivity index (χ4v) is 1.35. The van der Waals surface area contributed by atoms with Crippen molar-refractivity contribution in [3.63, 3.8) is 0 Å². The van der Waals surface area contributed by atoms with Crippen molar-refractivity contribution in [2.24, 2.45) is 5.92 Å². The maximum atomic E-state index is 11.4. The number of hydrogen-bond donors (Lipinski definition) is 0. The highest BCUT2D eigenvalue weighted by molar-refractivity contribution is 5.81. The molecule has 0 spiro atoms. The molecule has 2 rings (SSSR count). The second-order valence-electron chi connectivity index (χ2n) is 3.93. The van der Waals surface area contributed by atoms with E-state index in [2.05, 4.69) is 4.98 Å². The van der Waals surface area contributed by atoms with E-state index in [0.29, 0.717) is 5.75 Å². The summed E-state index contributed by atoms with van der Waals surface area (Å²) in [6.07, 6.45) is 1.74. The lowest BCUT2D eigenvalue weighted by molar-refractivity contribution is -0.137. The Hall–Kier alpha value is -1.90. The molecule has 3 nitrogen and oxygen atoms in total. The first-order chi connectivity index (χ1) is 7.66. The van der Waals surface area contributed by atoms with E-state index in [1.807, 2.05) is 38.1 Å². The van der Waals surface area contributed by atoms with Crippen molar-refractivity contribution in [3.8, 4) is 5.75 Å². The third kappa shape index (κ3) is 2.19. The lowest BCUT2D eigenvalue weighted by Crippen LogP contribution is -2.14. The lowest BCUT2D eigenvalue weighted by atomic mass is 10.2. The van der Waals surface area contributed by atoms with Gasteiger partial charge in [-0.25, -0.2) is 0 Å². The van der Waals surface area contributed by atoms with Gasteiger partial charge >= 0.3 is 5.97 Å². The number of benzene rings is 1. The molecule has 2 aromatic rings. The van der Waals surface area contributed by atoms with Crippen LogP contribution in [0.4, 0.5) is 0 Å². The van der Waals surface area contributed by atoms with Gasteiger partial charge in [-0.05, 0) is 24.3 Å².